The Balaban J connectivity index is 2.11. The predicted octanol–water partition coefficient (Wildman–Crippen LogP) is 3.36. The molecule has 0 aliphatic heterocycles. The van der Waals surface area contributed by atoms with E-state index in [4.69, 9.17) is 27.5 Å². The fourth-order valence-corrected chi connectivity index (χ4v) is 2.19. The van der Waals surface area contributed by atoms with E-state index in [0.717, 1.165) is 5.39 Å². The summed E-state index contributed by atoms with van der Waals surface area (Å²) in [7, 11) is 0. The number of amidine groups is 1. The number of nitrogens with one attached hydrogen (secondary N) is 1. The lowest BCUT2D eigenvalue weighted by Crippen LogP contribution is -2.12. The Hall–Kier alpha value is -2.66. The van der Waals surface area contributed by atoms with E-state index in [1.54, 1.807) is 42.7 Å². The van der Waals surface area contributed by atoms with Gasteiger partial charge >= 0.3 is 0 Å². The summed E-state index contributed by atoms with van der Waals surface area (Å²) >= 11 is 6.15. The molecule has 0 bridgehead atoms. The zero-order chi connectivity index (χ0) is 14.8. The summed E-state index contributed by atoms with van der Waals surface area (Å²) in [4.78, 5) is 8.41. The van der Waals surface area contributed by atoms with Gasteiger partial charge in [0.25, 0.3) is 0 Å². The molecule has 0 saturated carbocycles. The van der Waals surface area contributed by atoms with Crippen LogP contribution in [0.15, 0.2) is 48.8 Å². The molecule has 3 aromatic rings. The first-order valence-corrected chi connectivity index (χ1v) is 6.55. The second-order valence-electron chi connectivity index (χ2n) is 4.32. The minimum absolute atomic E-state index is 0.107. The number of nitrogens with zero attached hydrogens (tertiary/aromatic N) is 2. The van der Waals surface area contributed by atoms with Crippen molar-refractivity contribution in [2.75, 3.05) is 0 Å². The zero-order valence-electron chi connectivity index (χ0n) is 10.9. The number of hydrogen-bond acceptors (Lipinski definition) is 4. The van der Waals surface area contributed by atoms with E-state index >= 15 is 0 Å². The van der Waals surface area contributed by atoms with Gasteiger partial charge in [-0.2, -0.15) is 0 Å². The second kappa shape index (κ2) is 5.38. The summed E-state index contributed by atoms with van der Waals surface area (Å²) in [5.74, 6) is 0.666. The quantitative estimate of drug-likeness (QED) is 0.573. The third kappa shape index (κ3) is 2.51. The third-order valence-corrected chi connectivity index (χ3v) is 3.28. The molecule has 0 radical (unpaired) electrons. The maximum absolute atomic E-state index is 7.56. The standard InChI is InChI=1S/C15H11ClN4O/c16-11-5-6-12(13-9(11)3-1-7-19-13)21-15-10(14(17)18)4-2-8-20-15/h1-8H,(H3,17,18). The van der Waals surface area contributed by atoms with Gasteiger partial charge in [0.1, 0.15) is 11.4 Å². The molecule has 2 aromatic heterocycles. The van der Waals surface area contributed by atoms with Crippen LogP contribution < -0.4 is 10.5 Å². The number of benzene rings is 1. The first-order chi connectivity index (χ1) is 10.2. The van der Waals surface area contributed by atoms with Crippen molar-refractivity contribution in [3.63, 3.8) is 0 Å². The number of aromatic nitrogens is 2. The fourth-order valence-electron chi connectivity index (χ4n) is 1.98. The molecule has 3 rings (SSSR count). The molecule has 3 N–H and O–H groups in total. The van der Waals surface area contributed by atoms with Gasteiger partial charge in [-0.1, -0.05) is 11.6 Å². The Bertz CT molecular complexity index is 835. The summed E-state index contributed by atoms with van der Waals surface area (Å²) in [6, 6.07) is 10.5. The smallest absolute Gasteiger partial charge is 0.230 e. The minimum Gasteiger partial charge on any atom is -0.436 e. The highest BCUT2D eigenvalue weighted by Gasteiger charge is 2.12. The number of hydrogen-bond donors (Lipinski definition) is 2. The Morgan fingerprint density at radius 1 is 1.10 bits per heavy atom. The highest BCUT2D eigenvalue weighted by molar-refractivity contribution is 6.35. The van der Waals surface area contributed by atoms with Crippen molar-refractivity contribution in [3.8, 4) is 11.6 Å². The lowest BCUT2D eigenvalue weighted by Gasteiger charge is -2.11. The number of fused-ring (bicyclic) bond motifs is 1. The SMILES string of the molecule is N=C(N)c1cccnc1Oc1ccc(Cl)c2cccnc12. The van der Waals surface area contributed by atoms with Crippen LogP contribution >= 0.6 is 11.6 Å². The van der Waals surface area contributed by atoms with Gasteiger partial charge in [-0.3, -0.25) is 10.4 Å². The van der Waals surface area contributed by atoms with Crippen LogP contribution in [0.3, 0.4) is 0 Å². The van der Waals surface area contributed by atoms with Gasteiger partial charge in [-0.25, -0.2) is 4.98 Å². The Morgan fingerprint density at radius 3 is 2.67 bits per heavy atom. The van der Waals surface area contributed by atoms with E-state index in [-0.39, 0.29) is 11.7 Å². The van der Waals surface area contributed by atoms with E-state index in [2.05, 4.69) is 9.97 Å². The van der Waals surface area contributed by atoms with Crippen LogP contribution in [-0.4, -0.2) is 15.8 Å². The number of pyridine rings is 2. The summed E-state index contributed by atoms with van der Waals surface area (Å²) in [5.41, 5.74) is 6.59. The van der Waals surface area contributed by atoms with Crippen molar-refractivity contribution in [3.05, 3.63) is 59.4 Å². The minimum atomic E-state index is -0.107. The molecule has 0 fully saturated rings. The molecular formula is C15H11ClN4O. The molecule has 6 heteroatoms. The van der Waals surface area contributed by atoms with E-state index in [9.17, 15) is 0 Å². The van der Waals surface area contributed by atoms with Crippen LogP contribution in [0.4, 0.5) is 0 Å². The highest BCUT2D eigenvalue weighted by atomic mass is 35.5. The molecule has 0 aliphatic rings. The van der Waals surface area contributed by atoms with Crippen molar-refractivity contribution < 1.29 is 4.74 Å². The first-order valence-electron chi connectivity index (χ1n) is 6.17. The molecule has 0 saturated heterocycles. The van der Waals surface area contributed by atoms with Crippen LogP contribution in [0.1, 0.15) is 5.56 Å². The van der Waals surface area contributed by atoms with Gasteiger partial charge in [0.05, 0.1) is 10.6 Å². The molecule has 1 aromatic carbocycles. The average molecular weight is 299 g/mol. The Morgan fingerprint density at radius 2 is 1.86 bits per heavy atom. The predicted molar refractivity (Wildman–Crippen MR) is 82.1 cm³/mol. The van der Waals surface area contributed by atoms with Crippen molar-refractivity contribution in [1.29, 1.82) is 5.41 Å². The Kier molecular flexibility index (Phi) is 3.41. The molecule has 0 atom stereocenters. The van der Waals surface area contributed by atoms with Crippen molar-refractivity contribution in [2.24, 2.45) is 5.73 Å². The molecule has 5 nitrogen and oxygen atoms in total. The molecule has 0 unspecified atom stereocenters. The van der Waals surface area contributed by atoms with Crippen LogP contribution in [0.2, 0.25) is 5.02 Å². The molecule has 104 valence electrons. The maximum Gasteiger partial charge on any atom is 0.230 e. The van der Waals surface area contributed by atoms with Gasteiger partial charge in [-0.05, 0) is 36.4 Å². The molecule has 0 aliphatic carbocycles. The van der Waals surface area contributed by atoms with Gasteiger partial charge in [0, 0.05) is 17.8 Å². The van der Waals surface area contributed by atoms with E-state index in [0.29, 0.717) is 21.9 Å². The van der Waals surface area contributed by atoms with Gasteiger partial charge in [0.15, 0.2) is 5.75 Å². The number of nitrogens with two attached hydrogens (primary N) is 1. The largest absolute Gasteiger partial charge is 0.436 e. The normalized spacial score (nSPS) is 10.5. The maximum atomic E-state index is 7.56. The number of ether oxygens (including phenoxy) is 1. The lowest BCUT2D eigenvalue weighted by molar-refractivity contribution is 0.466. The van der Waals surface area contributed by atoms with Gasteiger partial charge in [-0.15, -0.1) is 0 Å². The van der Waals surface area contributed by atoms with Crippen LogP contribution in [0.5, 0.6) is 11.6 Å². The summed E-state index contributed by atoms with van der Waals surface area (Å²) in [5, 5.41) is 8.94. The molecule has 0 amide bonds. The highest BCUT2D eigenvalue weighted by Crippen LogP contribution is 2.32. The average Bonchev–Trinajstić information content (AvgIpc) is 2.51. The summed E-state index contributed by atoms with van der Waals surface area (Å²) in [6.07, 6.45) is 3.24. The van der Waals surface area contributed by atoms with E-state index in [1.165, 1.54) is 0 Å². The monoisotopic (exact) mass is 298 g/mol. The van der Waals surface area contributed by atoms with Gasteiger partial charge < -0.3 is 10.5 Å². The fraction of sp³-hybridized carbons (Fsp3) is 0. The van der Waals surface area contributed by atoms with Crippen molar-refractivity contribution in [1.82, 2.24) is 9.97 Å². The van der Waals surface area contributed by atoms with E-state index < -0.39 is 0 Å². The molecular weight excluding hydrogens is 288 g/mol. The topological polar surface area (TPSA) is 84.9 Å². The van der Waals surface area contributed by atoms with Gasteiger partial charge in [0.2, 0.25) is 5.88 Å². The van der Waals surface area contributed by atoms with Crippen LogP contribution in [0.25, 0.3) is 10.9 Å². The molecule has 2 heterocycles. The lowest BCUT2D eigenvalue weighted by atomic mass is 10.2. The first kappa shape index (κ1) is 13.3. The zero-order valence-corrected chi connectivity index (χ0v) is 11.6. The van der Waals surface area contributed by atoms with Crippen LogP contribution in [-0.2, 0) is 0 Å². The number of rotatable bonds is 3. The third-order valence-electron chi connectivity index (χ3n) is 2.95. The second-order valence-corrected chi connectivity index (χ2v) is 4.72. The molecule has 21 heavy (non-hydrogen) atoms. The van der Waals surface area contributed by atoms with Crippen molar-refractivity contribution in [2.45, 2.75) is 0 Å². The summed E-state index contributed by atoms with van der Waals surface area (Å²) in [6.45, 7) is 0. The Labute approximate surface area is 125 Å². The number of nitrogen functional groups attached to an aromatic ring is 1. The van der Waals surface area contributed by atoms with Crippen molar-refractivity contribution >= 4 is 28.3 Å². The van der Waals surface area contributed by atoms with E-state index in [1.807, 2.05) is 6.07 Å². The molecule has 0 spiro atoms. The number of halogens is 1. The summed E-state index contributed by atoms with van der Waals surface area (Å²) < 4.78 is 5.79. The van der Waals surface area contributed by atoms with Crippen LogP contribution in [0, 0.1) is 5.41 Å².